The predicted molar refractivity (Wildman–Crippen MR) is 78.8 cm³/mol. The van der Waals surface area contributed by atoms with E-state index in [1.165, 1.54) is 12.1 Å². The number of hydrogen-bond acceptors (Lipinski definition) is 5. The molecule has 2 fully saturated rings. The normalized spacial score (nSPS) is 25.3. The summed E-state index contributed by atoms with van der Waals surface area (Å²) in [7, 11) is -3.79. The minimum Gasteiger partial charge on any atom is -0.369 e. The predicted octanol–water partition coefficient (Wildman–Crippen LogP) is 1.09. The van der Waals surface area contributed by atoms with E-state index in [4.69, 9.17) is 8.92 Å². The zero-order chi connectivity index (χ0) is 15.7. The van der Waals surface area contributed by atoms with Gasteiger partial charge < -0.3 is 9.64 Å². The minimum atomic E-state index is -3.79. The molecule has 2 aliphatic rings. The number of nitrogens with zero attached hydrogens (tertiary/aromatic N) is 1. The summed E-state index contributed by atoms with van der Waals surface area (Å²) in [6, 6.07) is 6.38. The summed E-state index contributed by atoms with van der Waals surface area (Å²) < 4.78 is 34.8. The van der Waals surface area contributed by atoms with Crippen LogP contribution in [0.1, 0.15) is 18.4 Å². The molecular formula is C15H19NO5S. The van der Waals surface area contributed by atoms with Gasteiger partial charge in [-0.2, -0.15) is 8.42 Å². The van der Waals surface area contributed by atoms with Crippen LogP contribution >= 0.6 is 0 Å². The summed E-state index contributed by atoms with van der Waals surface area (Å²) in [5.41, 5.74) is 0.983. The standard InChI is InChI=1S/C15H19NO5S/c1-11-2-6-14(7-3-11)22(18,19)21-9-13-5-4-12-8-20-10-15(17)16(12)13/h2-3,6-7,12-13H,4-5,8-10H2,1H3. The van der Waals surface area contributed by atoms with E-state index < -0.39 is 10.1 Å². The molecule has 1 aromatic rings. The zero-order valence-electron chi connectivity index (χ0n) is 12.4. The van der Waals surface area contributed by atoms with Crippen LogP contribution < -0.4 is 0 Å². The van der Waals surface area contributed by atoms with Gasteiger partial charge >= 0.3 is 0 Å². The summed E-state index contributed by atoms with van der Waals surface area (Å²) in [4.78, 5) is 13.8. The van der Waals surface area contributed by atoms with Crippen LogP contribution in [-0.4, -0.2) is 51.1 Å². The molecule has 0 aromatic heterocycles. The van der Waals surface area contributed by atoms with Crippen LogP contribution in [0, 0.1) is 6.92 Å². The average molecular weight is 325 g/mol. The number of rotatable bonds is 4. The molecule has 2 atom stereocenters. The second-order valence-corrected chi connectivity index (χ2v) is 7.37. The molecule has 22 heavy (non-hydrogen) atoms. The molecule has 0 N–H and O–H groups in total. The fourth-order valence-corrected chi connectivity index (χ4v) is 3.94. The van der Waals surface area contributed by atoms with Crippen molar-refractivity contribution in [3.05, 3.63) is 29.8 Å². The summed E-state index contributed by atoms with van der Waals surface area (Å²) in [5, 5.41) is 0. The van der Waals surface area contributed by atoms with Gasteiger partial charge in [-0.1, -0.05) is 17.7 Å². The number of benzene rings is 1. The maximum absolute atomic E-state index is 12.2. The maximum Gasteiger partial charge on any atom is 0.297 e. The molecule has 6 nitrogen and oxygen atoms in total. The molecule has 1 aromatic carbocycles. The van der Waals surface area contributed by atoms with Crippen LogP contribution in [0.25, 0.3) is 0 Å². The quantitative estimate of drug-likeness (QED) is 0.775. The number of amides is 1. The van der Waals surface area contributed by atoms with E-state index >= 15 is 0 Å². The molecule has 0 radical (unpaired) electrons. The number of ether oxygens (including phenoxy) is 1. The molecule has 1 amide bonds. The van der Waals surface area contributed by atoms with Crippen molar-refractivity contribution in [2.45, 2.75) is 36.7 Å². The second kappa shape index (κ2) is 5.98. The van der Waals surface area contributed by atoms with Crippen molar-refractivity contribution in [2.75, 3.05) is 19.8 Å². The Kier molecular flexibility index (Phi) is 4.20. The molecule has 0 spiro atoms. The molecule has 0 bridgehead atoms. The average Bonchev–Trinajstić information content (AvgIpc) is 2.90. The molecule has 2 heterocycles. The van der Waals surface area contributed by atoms with Gasteiger partial charge in [0.05, 0.1) is 30.2 Å². The lowest BCUT2D eigenvalue weighted by Gasteiger charge is -2.33. The lowest BCUT2D eigenvalue weighted by atomic mass is 10.2. The van der Waals surface area contributed by atoms with Gasteiger partial charge in [0.1, 0.15) is 6.61 Å². The van der Waals surface area contributed by atoms with Crippen molar-refractivity contribution in [1.29, 1.82) is 0 Å². The monoisotopic (exact) mass is 325 g/mol. The largest absolute Gasteiger partial charge is 0.369 e. The smallest absolute Gasteiger partial charge is 0.297 e. The first-order valence-electron chi connectivity index (χ1n) is 7.32. The molecule has 0 saturated carbocycles. The van der Waals surface area contributed by atoms with Gasteiger partial charge in [-0.05, 0) is 31.9 Å². The fraction of sp³-hybridized carbons (Fsp3) is 0.533. The number of hydrogen-bond donors (Lipinski definition) is 0. The summed E-state index contributed by atoms with van der Waals surface area (Å²) >= 11 is 0. The van der Waals surface area contributed by atoms with Gasteiger partial charge in [-0.25, -0.2) is 0 Å². The maximum atomic E-state index is 12.2. The first-order chi connectivity index (χ1) is 10.5. The molecule has 0 aliphatic carbocycles. The first-order valence-corrected chi connectivity index (χ1v) is 8.73. The summed E-state index contributed by atoms with van der Waals surface area (Å²) in [6.45, 7) is 2.48. The van der Waals surface area contributed by atoms with E-state index in [9.17, 15) is 13.2 Å². The number of carbonyl (C=O) groups excluding carboxylic acids is 1. The van der Waals surface area contributed by atoms with Gasteiger partial charge in [0.15, 0.2) is 0 Å². The third kappa shape index (κ3) is 3.02. The van der Waals surface area contributed by atoms with Crippen molar-refractivity contribution >= 4 is 16.0 Å². The molecule has 120 valence electrons. The Morgan fingerprint density at radius 3 is 2.73 bits per heavy atom. The van der Waals surface area contributed by atoms with E-state index in [0.29, 0.717) is 6.61 Å². The fourth-order valence-electron chi connectivity index (χ4n) is 2.99. The highest BCUT2D eigenvalue weighted by Gasteiger charge is 2.40. The lowest BCUT2D eigenvalue weighted by Crippen LogP contribution is -2.50. The van der Waals surface area contributed by atoms with Crippen molar-refractivity contribution in [3.8, 4) is 0 Å². The molecule has 2 unspecified atom stereocenters. The Hall–Kier alpha value is -1.44. The SMILES string of the molecule is Cc1ccc(S(=O)(=O)OCC2CCC3COCC(=O)N32)cc1. The number of carbonyl (C=O) groups is 1. The number of aryl methyl sites for hydroxylation is 1. The first kappa shape index (κ1) is 15.5. The molecular weight excluding hydrogens is 306 g/mol. The minimum absolute atomic E-state index is 0.00154. The Balaban J connectivity index is 1.67. The zero-order valence-corrected chi connectivity index (χ0v) is 13.2. The summed E-state index contributed by atoms with van der Waals surface area (Å²) in [6.07, 6.45) is 1.56. The molecule has 3 rings (SSSR count). The van der Waals surface area contributed by atoms with Crippen LogP contribution in [-0.2, 0) is 23.8 Å². The third-order valence-corrected chi connectivity index (χ3v) is 5.46. The van der Waals surface area contributed by atoms with Gasteiger partial charge in [0.25, 0.3) is 10.1 Å². The van der Waals surface area contributed by atoms with Crippen molar-refractivity contribution in [1.82, 2.24) is 4.90 Å². The van der Waals surface area contributed by atoms with E-state index in [1.54, 1.807) is 17.0 Å². The van der Waals surface area contributed by atoms with Crippen LogP contribution in [0.3, 0.4) is 0 Å². The summed E-state index contributed by atoms with van der Waals surface area (Å²) in [5.74, 6) is -0.0879. The Morgan fingerprint density at radius 1 is 1.27 bits per heavy atom. The third-order valence-electron chi connectivity index (χ3n) is 4.17. The second-order valence-electron chi connectivity index (χ2n) is 5.75. The molecule has 7 heteroatoms. The van der Waals surface area contributed by atoms with Crippen LogP contribution in [0.2, 0.25) is 0 Å². The van der Waals surface area contributed by atoms with Crippen LogP contribution in [0.15, 0.2) is 29.2 Å². The van der Waals surface area contributed by atoms with Crippen LogP contribution in [0.5, 0.6) is 0 Å². The van der Waals surface area contributed by atoms with Gasteiger partial charge in [-0.15, -0.1) is 0 Å². The highest BCUT2D eigenvalue weighted by atomic mass is 32.2. The van der Waals surface area contributed by atoms with E-state index in [2.05, 4.69) is 0 Å². The highest BCUT2D eigenvalue weighted by Crippen LogP contribution is 2.28. The molecule has 2 saturated heterocycles. The van der Waals surface area contributed by atoms with Gasteiger partial charge in [0, 0.05) is 0 Å². The van der Waals surface area contributed by atoms with Crippen molar-refractivity contribution in [3.63, 3.8) is 0 Å². The Bertz CT molecular complexity index is 655. The number of fused-ring (bicyclic) bond motifs is 1. The number of morpholine rings is 1. The van der Waals surface area contributed by atoms with E-state index in [-0.39, 0.29) is 36.1 Å². The van der Waals surface area contributed by atoms with Crippen molar-refractivity contribution in [2.24, 2.45) is 0 Å². The molecule has 2 aliphatic heterocycles. The Labute approximate surface area is 130 Å². The topological polar surface area (TPSA) is 72.9 Å². The van der Waals surface area contributed by atoms with E-state index in [1.807, 2.05) is 6.92 Å². The van der Waals surface area contributed by atoms with Gasteiger partial charge in [-0.3, -0.25) is 8.98 Å². The highest BCUT2D eigenvalue weighted by molar-refractivity contribution is 7.86. The lowest BCUT2D eigenvalue weighted by molar-refractivity contribution is -0.148. The van der Waals surface area contributed by atoms with Crippen LogP contribution in [0.4, 0.5) is 0 Å². The van der Waals surface area contributed by atoms with E-state index in [0.717, 1.165) is 18.4 Å². The van der Waals surface area contributed by atoms with Gasteiger partial charge in [0.2, 0.25) is 5.91 Å². The van der Waals surface area contributed by atoms with Crippen molar-refractivity contribution < 1.29 is 22.1 Å². The Morgan fingerprint density at radius 2 is 2.00 bits per heavy atom.